The molecule has 1 heterocycles. The lowest BCUT2D eigenvalue weighted by molar-refractivity contribution is 0.567. The molecule has 0 aliphatic carbocycles. The van der Waals surface area contributed by atoms with Gasteiger partial charge in [0, 0.05) is 23.9 Å². The van der Waals surface area contributed by atoms with Crippen molar-refractivity contribution in [2.24, 2.45) is 4.99 Å². The van der Waals surface area contributed by atoms with Gasteiger partial charge in [0.2, 0.25) is 0 Å². The zero-order valence-corrected chi connectivity index (χ0v) is 5.22. The molecule has 0 spiro atoms. The minimum Gasteiger partial charge on any atom is -0.266 e. The number of hydrogen-bond acceptors (Lipinski definition) is 2. The Morgan fingerprint density at radius 1 is 1.78 bits per heavy atom. The lowest BCUT2D eigenvalue weighted by Crippen LogP contribution is -1.96. The smallest absolute Gasteiger partial charge is 0.128 e. The van der Waals surface area contributed by atoms with Gasteiger partial charge in [-0.2, -0.15) is 0 Å². The molecule has 0 aromatic carbocycles. The largest absolute Gasteiger partial charge is 0.266 e. The van der Waals surface area contributed by atoms with Gasteiger partial charge in [-0.15, -0.1) is 0 Å². The lowest BCUT2D eigenvalue weighted by Gasteiger charge is -2.00. The van der Waals surface area contributed by atoms with E-state index in [0.717, 1.165) is 5.71 Å². The molecule has 2 heteroatoms. The van der Waals surface area contributed by atoms with E-state index in [1.54, 1.807) is 12.3 Å². The van der Waals surface area contributed by atoms with Crippen molar-refractivity contribution in [1.82, 2.24) is 0 Å². The van der Waals surface area contributed by atoms with Crippen LogP contribution in [-0.4, -0.2) is 11.7 Å². The van der Waals surface area contributed by atoms with Crippen molar-refractivity contribution in [2.75, 3.05) is 0 Å². The third-order valence-corrected chi connectivity index (χ3v) is 1.15. The Labute approximate surface area is 53.6 Å². The molecule has 1 aliphatic rings. The van der Waals surface area contributed by atoms with Gasteiger partial charge in [-0.3, -0.25) is 4.99 Å². The van der Waals surface area contributed by atoms with E-state index < -0.39 is 0 Å². The van der Waals surface area contributed by atoms with E-state index in [0.29, 0.717) is 12.0 Å². The van der Waals surface area contributed by atoms with Gasteiger partial charge in [0.25, 0.3) is 0 Å². The van der Waals surface area contributed by atoms with Crippen LogP contribution in [0.15, 0.2) is 22.8 Å². The van der Waals surface area contributed by atoms with Gasteiger partial charge in [-0.1, -0.05) is 0 Å². The van der Waals surface area contributed by atoms with Crippen molar-refractivity contribution in [3.8, 4) is 0 Å². The van der Waals surface area contributed by atoms with Crippen LogP contribution in [0.2, 0.25) is 0 Å². The number of aliphatic imine (C=N–C) groups is 1. The van der Waals surface area contributed by atoms with Gasteiger partial charge in [-0.05, 0) is 13.0 Å². The SMILES string of the molecule is CC1=NC=CC(=C=O)C1. The van der Waals surface area contributed by atoms with Gasteiger partial charge in [-0.25, -0.2) is 4.79 Å². The quantitative estimate of drug-likeness (QED) is 0.441. The predicted molar refractivity (Wildman–Crippen MR) is 36.1 cm³/mol. The summed E-state index contributed by atoms with van der Waals surface area (Å²) in [6, 6.07) is 0. The lowest BCUT2D eigenvalue weighted by atomic mass is 10.1. The van der Waals surface area contributed by atoms with Crippen molar-refractivity contribution in [1.29, 1.82) is 0 Å². The van der Waals surface area contributed by atoms with Gasteiger partial charge >= 0.3 is 0 Å². The van der Waals surface area contributed by atoms with Crippen LogP contribution in [0.1, 0.15) is 13.3 Å². The molecule has 0 N–H and O–H groups in total. The van der Waals surface area contributed by atoms with E-state index in [-0.39, 0.29) is 0 Å². The maximum atomic E-state index is 10.0. The zero-order valence-electron chi connectivity index (χ0n) is 5.22. The second kappa shape index (κ2) is 2.42. The Bertz CT molecular complexity index is 219. The molecule has 0 unspecified atom stereocenters. The van der Waals surface area contributed by atoms with Crippen LogP contribution in [0.25, 0.3) is 0 Å². The standard InChI is InChI=1S/C7H7NO/c1-6-4-7(5-9)2-3-8-6/h2-3H,4H2,1H3. The topological polar surface area (TPSA) is 29.4 Å². The van der Waals surface area contributed by atoms with Gasteiger partial charge in [0.15, 0.2) is 0 Å². The summed E-state index contributed by atoms with van der Waals surface area (Å²) in [4.78, 5) is 14.0. The summed E-state index contributed by atoms with van der Waals surface area (Å²) in [5.41, 5.74) is 1.65. The first-order valence-corrected chi connectivity index (χ1v) is 2.77. The molecule has 0 amide bonds. The van der Waals surface area contributed by atoms with Crippen LogP contribution in [-0.2, 0) is 4.79 Å². The van der Waals surface area contributed by atoms with E-state index in [4.69, 9.17) is 0 Å². The molecule has 0 saturated heterocycles. The molecule has 9 heavy (non-hydrogen) atoms. The Balaban J connectivity index is 2.85. The molecule has 1 aliphatic heterocycles. The maximum absolute atomic E-state index is 10.0. The highest BCUT2D eigenvalue weighted by molar-refractivity contribution is 5.88. The highest BCUT2D eigenvalue weighted by Crippen LogP contribution is 2.06. The van der Waals surface area contributed by atoms with Crippen molar-refractivity contribution in [3.63, 3.8) is 0 Å². The van der Waals surface area contributed by atoms with Crippen LogP contribution in [0.4, 0.5) is 0 Å². The van der Waals surface area contributed by atoms with Gasteiger partial charge in [0.05, 0.1) is 0 Å². The molecule has 0 fully saturated rings. The zero-order chi connectivity index (χ0) is 6.69. The monoisotopic (exact) mass is 121 g/mol. The minimum atomic E-state index is 0.653. The third-order valence-electron chi connectivity index (χ3n) is 1.15. The van der Waals surface area contributed by atoms with E-state index in [1.165, 1.54) is 0 Å². The highest BCUT2D eigenvalue weighted by Gasteiger charge is 1.99. The Morgan fingerprint density at radius 3 is 3.00 bits per heavy atom. The summed E-state index contributed by atoms with van der Waals surface area (Å²) in [5.74, 6) is 1.83. The van der Waals surface area contributed by atoms with Crippen LogP contribution < -0.4 is 0 Å². The fraction of sp³-hybridized carbons (Fsp3) is 0.286. The minimum absolute atomic E-state index is 0.653. The number of nitrogens with zero attached hydrogens (tertiary/aromatic N) is 1. The average molecular weight is 121 g/mol. The van der Waals surface area contributed by atoms with E-state index in [2.05, 4.69) is 4.99 Å². The molecular formula is C7H7NO. The molecule has 1 rings (SSSR count). The summed E-state index contributed by atoms with van der Waals surface area (Å²) >= 11 is 0. The first-order valence-electron chi connectivity index (χ1n) is 2.77. The second-order valence-corrected chi connectivity index (χ2v) is 1.98. The molecular weight excluding hydrogens is 114 g/mol. The van der Waals surface area contributed by atoms with Crippen LogP contribution in [0, 0.1) is 0 Å². The molecule has 0 atom stereocenters. The maximum Gasteiger partial charge on any atom is 0.128 e. The first kappa shape index (κ1) is 5.99. The summed E-state index contributed by atoms with van der Waals surface area (Å²) in [6.45, 7) is 1.89. The van der Waals surface area contributed by atoms with Gasteiger partial charge in [0.1, 0.15) is 5.94 Å². The van der Waals surface area contributed by atoms with Crippen LogP contribution in [0.3, 0.4) is 0 Å². The summed E-state index contributed by atoms with van der Waals surface area (Å²) < 4.78 is 0. The summed E-state index contributed by atoms with van der Waals surface area (Å²) in [6.07, 6.45) is 3.96. The second-order valence-electron chi connectivity index (χ2n) is 1.98. The average Bonchev–Trinajstić information content (AvgIpc) is 1.88. The third kappa shape index (κ3) is 1.37. The number of rotatable bonds is 0. The number of hydrogen-bond donors (Lipinski definition) is 0. The van der Waals surface area contributed by atoms with Gasteiger partial charge < -0.3 is 0 Å². The molecule has 46 valence electrons. The Morgan fingerprint density at radius 2 is 2.56 bits per heavy atom. The van der Waals surface area contributed by atoms with Crippen molar-refractivity contribution >= 4 is 11.7 Å². The van der Waals surface area contributed by atoms with E-state index in [1.807, 2.05) is 12.9 Å². The molecule has 0 aromatic rings. The molecule has 0 bridgehead atoms. The summed E-state index contributed by atoms with van der Waals surface area (Å²) in [7, 11) is 0. The van der Waals surface area contributed by atoms with Crippen molar-refractivity contribution in [3.05, 3.63) is 17.8 Å². The van der Waals surface area contributed by atoms with Crippen LogP contribution >= 0.6 is 0 Å². The Kier molecular flexibility index (Phi) is 1.61. The fourth-order valence-corrected chi connectivity index (χ4v) is 0.705. The molecule has 2 nitrogen and oxygen atoms in total. The number of carbonyl (C=O) groups excluding carboxylic acids is 1. The van der Waals surface area contributed by atoms with Crippen LogP contribution in [0.5, 0.6) is 0 Å². The first-order chi connectivity index (χ1) is 4.33. The molecule has 0 radical (unpaired) electrons. The van der Waals surface area contributed by atoms with Crippen molar-refractivity contribution in [2.45, 2.75) is 13.3 Å². The van der Waals surface area contributed by atoms with Crippen molar-refractivity contribution < 1.29 is 4.79 Å². The predicted octanol–water partition coefficient (Wildman–Crippen LogP) is 1.12. The normalized spacial score (nSPS) is 17.0. The van der Waals surface area contributed by atoms with E-state index in [9.17, 15) is 4.79 Å². The molecule has 0 aromatic heterocycles. The Hall–Kier alpha value is -1.14. The highest BCUT2D eigenvalue weighted by atomic mass is 16.1. The number of allylic oxidation sites excluding steroid dienone is 2. The fourth-order valence-electron chi connectivity index (χ4n) is 0.705. The summed E-state index contributed by atoms with van der Waals surface area (Å²) in [5, 5.41) is 0. The van der Waals surface area contributed by atoms with E-state index >= 15 is 0 Å². The molecule has 0 saturated carbocycles.